The topological polar surface area (TPSA) is 26.3 Å². The highest BCUT2D eigenvalue weighted by Gasteiger charge is 2.13. The maximum atomic E-state index is 11.4. The Bertz CT molecular complexity index is 368. The molecule has 0 heterocycles. The summed E-state index contributed by atoms with van der Waals surface area (Å²) in [6.45, 7) is 2.14. The van der Waals surface area contributed by atoms with Gasteiger partial charge in [-0.25, -0.2) is 4.79 Å². The molecule has 0 saturated carbocycles. The lowest BCUT2D eigenvalue weighted by Crippen LogP contribution is -2.05. The van der Waals surface area contributed by atoms with E-state index in [4.69, 9.17) is 16.3 Å². The molecule has 2 nitrogen and oxygen atoms in total. The molecule has 0 aliphatic rings. The Balaban J connectivity index is 3.09. The van der Waals surface area contributed by atoms with Crippen LogP contribution in [0.15, 0.2) is 16.6 Å². The highest BCUT2D eigenvalue weighted by Crippen LogP contribution is 2.27. The predicted octanol–water partition coefficient (Wildman–Crippen LogP) is 3.88. The molecule has 1 aromatic carbocycles. The second-order valence-corrected chi connectivity index (χ2v) is 4.89. The smallest absolute Gasteiger partial charge is 0.339 e. The Labute approximate surface area is 109 Å². The molecule has 76 valence electrons. The number of halogens is 3. The molecule has 0 atom stereocenters. The van der Waals surface area contributed by atoms with Crippen molar-refractivity contribution in [3.63, 3.8) is 0 Å². The standard InChI is InChI=1S/C9H7BrClIO2/c1-2-14-9(13)5-3-8(12)7(11)4-6(5)10/h3-4H,2H2,1H3. The molecule has 0 saturated heterocycles. The highest BCUT2D eigenvalue weighted by atomic mass is 127. The molecule has 0 aliphatic carbocycles. The Morgan fingerprint density at radius 2 is 2.29 bits per heavy atom. The van der Waals surface area contributed by atoms with E-state index in [1.807, 2.05) is 0 Å². The second kappa shape index (κ2) is 5.32. The third-order valence-electron chi connectivity index (χ3n) is 1.51. The zero-order valence-electron chi connectivity index (χ0n) is 7.31. The molecule has 0 spiro atoms. The van der Waals surface area contributed by atoms with Gasteiger partial charge in [-0.2, -0.15) is 0 Å². The monoisotopic (exact) mass is 388 g/mol. The van der Waals surface area contributed by atoms with Gasteiger partial charge in [0.25, 0.3) is 0 Å². The van der Waals surface area contributed by atoms with Gasteiger partial charge in [-0.05, 0) is 57.6 Å². The highest BCUT2D eigenvalue weighted by molar-refractivity contribution is 14.1. The van der Waals surface area contributed by atoms with Gasteiger partial charge >= 0.3 is 5.97 Å². The summed E-state index contributed by atoms with van der Waals surface area (Å²) < 4.78 is 6.37. The molecule has 14 heavy (non-hydrogen) atoms. The Kier molecular flexibility index (Phi) is 4.66. The third kappa shape index (κ3) is 2.84. The van der Waals surface area contributed by atoms with Crippen LogP contribution in [-0.2, 0) is 4.74 Å². The van der Waals surface area contributed by atoms with Crippen LogP contribution in [0, 0.1) is 3.57 Å². The fraction of sp³-hybridized carbons (Fsp3) is 0.222. The summed E-state index contributed by atoms with van der Waals surface area (Å²) in [5, 5.41) is 0.616. The minimum atomic E-state index is -0.339. The van der Waals surface area contributed by atoms with Crippen molar-refractivity contribution in [2.75, 3.05) is 6.61 Å². The number of ether oxygens (including phenoxy) is 1. The first-order chi connectivity index (χ1) is 6.56. The number of hydrogen-bond donors (Lipinski definition) is 0. The predicted molar refractivity (Wildman–Crippen MR) is 67.8 cm³/mol. The van der Waals surface area contributed by atoms with Crippen molar-refractivity contribution in [1.29, 1.82) is 0 Å². The van der Waals surface area contributed by atoms with Crippen LogP contribution in [0.4, 0.5) is 0 Å². The molecule has 0 aromatic heterocycles. The van der Waals surface area contributed by atoms with Gasteiger partial charge in [0, 0.05) is 8.04 Å². The van der Waals surface area contributed by atoms with Crippen LogP contribution in [0.1, 0.15) is 17.3 Å². The van der Waals surface area contributed by atoms with Crippen molar-refractivity contribution in [2.24, 2.45) is 0 Å². The molecule has 0 amide bonds. The third-order valence-corrected chi connectivity index (χ3v) is 3.69. The van der Waals surface area contributed by atoms with Gasteiger partial charge in [-0.15, -0.1) is 0 Å². The van der Waals surface area contributed by atoms with Gasteiger partial charge < -0.3 is 4.74 Å². The van der Waals surface area contributed by atoms with E-state index in [0.717, 1.165) is 3.57 Å². The fourth-order valence-electron chi connectivity index (χ4n) is 0.888. The summed E-state index contributed by atoms with van der Waals surface area (Å²) in [6.07, 6.45) is 0. The van der Waals surface area contributed by atoms with Gasteiger partial charge in [0.05, 0.1) is 17.2 Å². The Morgan fingerprint density at radius 1 is 1.64 bits per heavy atom. The van der Waals surface area contributed by atoms with E-state index in [0.29, 0.717) is 21.7 Å². The van der Waals surface area contributed by atoms with Crippen LogP contribution in [-0.4, -0.2) is 12.6 Å². The molecular weight excluding hydrogens is 382 g/mol. The normalized spacial score (nSPS) is 10.0. The maximum Gasteiger partial charge on any atom is 0.339 e. The van der Waals surface area contributed by atoms with E-state index in [9.17, 15) is 4.79 Å². The van der Waals surface area contributed by atoms with E-state index < -0.39 is 0 Å². The summed E-state index contributed by atoms with van der Waals surface area (Å²) in [5.41, 5.74) is 0.501. The number of carbonyl (C=O) groups is 1. The van der Waals surface area contributed by atoms with Gasteiger partial charge in [0.2, 0.25) is 0 Å². The summed E-state index contributed by atoms with van der Waals surface area (Å²) in [6, 6.07) is 3.39. The summed E-state index contributed by atoms with van der Waals surface area (Å²) in [5.74, 6) is -0.339. The average molecular weight is 389 g/mol. The van der Waals surface area contributed by atoms with Crippen LogP contribution in [0.2, 0.25) is 5.02 Å². The minimum absolute atomic E-state index is 0.339. The molecule has 1 aromatic rings. The SMILES string of the molecule is CCOC(=O)c1cc(I)c(Cl)cc1Br. The molecular formula is C9H7BrClIO2. The average Bonchev–Trinajstić information content (AvgIpc) is 2.11. The Hall–Kier alpha value is 0.190. The van der Waals surface area contributed by atoms with Crippen molar-refractivity contribution >= 4 is 56.1 Å². The lowest BCUT2D eigenvalue weighted by molar-refractivity contribution is 0.0525. The van der Waals surface area contributed by atoms with Crippen molar-refractivity contribution in [1.82, 2.24) is 0 Å². The first kappa shape index (κ1) is 12.3. The van der Waals surface area contributed by atoms with Crippen molar-refractivity contribution in [3.8, 4) is 0 Å². The molecule has 0 bridgehead atoms. The molecule has 0 aliphatic heterocycles. The number of benzene rings is 1. The van der Waals surface area contributed by atoms with E-state index in [-0.39, 0.29) is 5.97 Å². The first-order valence-corrected chi connectivity index (χ1v) is 6.13. The van der Waals surface area contributed by atoms with Gasteiger partial charge in [-0.1, -0.05) is 11.6 Å². The zero-order valence-corrected chi connectivity index (χ0v) is 11.8. The number of esters is 1. The quantitative estimate of drug-likeness (QED) is 0.436. The van der Waals surface area contributed by atoms with E-state index in [2.05, 4.69) is 38.5 Å². The van der Waals surface area contributed by atoms with Crippen molar-refractivity contribution < 1.29 is 9.53 Å². The zero-order chi connectivity index (χ0) is 10.7. The molecule has 0 radical (unpaired) electrons. The summed E-state index contributed by atoms with van der Waals surface area (Å²) in [7, 11) is 0. The minimum Gasteiger partial charge on any atom is -0.462 e. The summed E-state index contributed by atoms with van der Waals surface area (Å²) >= 11 is 11.2. The first-order valence-electron chi connectivity index (χ1n) is 3.88. The van der Waals surface area contributed by atoms with Crippen molar-refractivity contribution in [3.05, 3.63) is 30.8 Å². The van der Waals surface area contributed by atoms with Gasteiger partial charge in [0.1, 0.15) is 0 Å². The van der Waals surface area contributed by atoms with Crippen LogP contribution >= 0.6 is 50.1 Å². The molecule has 1 rings (SSSR count). The van der Waals surface area contributed by atoms with Crippen LogP contribution in [0.3, 0.4) is 0 Å². The molecule has 0 N–H and O–H groups in total. The van der Waals surface area contributed by atoms with E-state index in [1.54, 1.807) is 19.1 Å². The van der Waals surface area contributed by atoms with Gasteiger partial charge in [-0.3, -0.25) is 0 Å². The van der Waals surface area contributed by atoms with Crippen LogP contribution < -0.4 is 0 Å². The number of rotatable bonds is 2. The number of carbonyl (C=O) groups excluding carboxylic acids is 1. The fourth-order valence-corrected chi connectivity index (χ4v) is 2.16. The van der Waals surface area contributed by atoms with E-state index in [1.165, 1.54) is 0 Å². The molecule has 0 unspecified atom stereocenters. The number of hydrogen-bond acceptors (Lipinski definition) is 2. The van der Waals surface area contributed by atoms with Crippen molar-refractivity contribution in [2.45, 2.75) is 6.92 Å². The second-order valence-electron chi connectivity index (χ2n) is 2.47. The molecule has 0 fully saturated rings. The van der Waals surface area contributed by atoms with Crippen LogP contribution in [0.5, 0.6) is 0 Å². The molecule has 5 heteroatoms. The van der Waals surface area contributed by atoms with Crippen LogP contribution in [0.25, 0.3) is 0 Å². The summed E-state index contributed by atoms with van der Waals surface area (Å²) in [4.78, 5) is 11.4. The largest absolute Gasteiger partial charge is 0.462 e. The maximum absolute atomic E-state index is 11.4. The van der Waals surface area contributed by atoms with E-state index >= 15 is 0 Å². The lowest BCUT2D eigenvalue weighted by atomic mass is 10.2. The Morgan fingerprint density at radius 3 is 2.86 bits per heavy atom. The van der Waals surface area contributed by atoms with Gasteiger partial charge in [0.15, 0.2) is 0 Å². The lowest BCUT2D eigenvalue weighted by Gasteiger charge is -2.05.